The number of piperidine rings is 1. The third-order valence-electron chi connectivity index (χ3n) is 4.00. The summed E-state index contributed by atoms with van der Waals surface area (Å²) in [4.78, 5) is 12.1. The normalized spacial score (nSPS) is 32.9. The van der Waals surface area contributed by atoms with Gasteiger partial charge in [-0.15, -0.1) is 0 Å². The molecule has 0 radical (unpaired) electrons. The zero-order valence-corrected chi connectivity index (χ0v) is 9.96. The minimum Gasteiger partial charge on any atom is -0.394 e. The molecule has 0 spiro atoms. The number of hydrogen-bond donors (Lipinski definition) is 3. The van der Waals surface area contributed by atoms with Crippen LogP contribution in [-0.2, 0) is 4.79 Å². The number of nitrogens with one attached hydrogen (secondary N) is 2. The van der Waals surface area contributed by atoms with Gasteiger partial charge in [-0.25, -0.2) is 0 Å². The molecule has 2 rings (SSSR count). The topological polar surface area (TPSA) is 61.4 Å². The van der Waals surface area contributed by atoms with Gasteiger partial charge in [0.2, 0.25) is 5.91 Å². The van der Waals surface area contributed by atoms with Gasteiger partial charge in [-0.2, -0.15) is 0 Å². The van der Waals surface area contributed by atoms with Gasteiger partial charge in [0.15, 0.2) is 0 Å². The van der Waals surface area contributed by atoms with Crippen molar-refractivity contribution in [1.82, 2.24) is 10.6 Å². The Labute approximate surface area is 96.8 Å². The lowest BCUT2D eigenvalue weighted by Gasteiger charge is -2.42. The zero-order valence-electron chi connectivity index (χ0n) is 9.96. The van der Waals surface area contributed by atoms with Crippen LogP contribution in [0, 0.1) is 5.92 Å². The number of amides is 1. The molecule has 1 amide bonds. The Balaban J connectivity index is 1.87. The first-order chi connectivity index (χ1) is 7.65. The lowest BCUT2D eigenvalue weighted by Crippen LogP contribution is -2.58. The highest BCUT2D eigenvalue weighted by molar-refractivity contribution is 5.79. The van der Waals surface area contributed by atoms with Crippen LogP contribution in [0.2, 0.25) is 0 Å². The molecule has 2 unspecified atom stereocenters. The number of hydrogen-bond acceptors (Lipinski definition) is 3. The maximum absolute atomic E-state index is 12.1. The molecule has 2 atom stereocenters. The molecular weight excluding hydrogens is 204 g/mol. The van der Waals surface area contributed by atoms with Gasteiger partial charge < -0.3 is 15.7 Å². The van der Waals surface area contributed by atoms with Gasteiger partial charge in [-0.05, 0) is 45.6 Å². The molecule has 1 aliphatic carbocycles. The van der Waals surface area contributed by atoms with E-state index in [-0.39, 0.29) is 24.0 Å². The average Bonchev–Trinajstić information content (AvgIpc) is 2.23. The lowest BCUT2D eigenvalue weighted by atomic mass is 9.76. The van der Waals surface area contributed by atoms with E-state index >= 15 is 0 Å². The molecule has 0 aromatic rings. The van der Waals surface area contributed by atoms with E-state index < -0.39 is 0 Å². The Morgan fingerprint density at radius 3 is 2.81 bits per heavy atom. The Morgan fingerprint density at radius 2 is 2.31 bits per heavy atom. The van der Waals surface area contributed by atoms with Crippen LogP contribution < -0.4 is 10.6 Å². The summed E-state index contributed by atoms with van der Waals surface area (Å²) in [6.07, 6.45) is 4.79. The van der Waals surface area contributed by atoms with Crippen molar-refractivity contribution in [2.45, 2.75) is 50.6 Å². The van der Waals surface area contributed by atoms with E-state index in [1.807, 2.05) is 0 Å². The quantitative estimate of drug-likeness (QED) is 0.653. The lowest BCUT2D eigenvalue weighted by molar-refractivity contribution is -0.130. The summed E-state index contributed by atoms with van der Waals surface area (Å²) in [5.41, 5.74) is -0.287. The number of carbonyl (C=O) groups excluding carboxylic acids is 1. The predicted octanol–water partition coefficient (Wildman–Crippen LogP) is 0.406. The SMILES string of the molecule is CC1CC(C(=O)NC2(CO)CCC2)CCN1. The smallest absolute Gasteiger partial charge is 0.223 e. The number of rotatable bonds is 3. The summed E-state index contributed by atoms with van der Waals surface area (Å²) in [7, 11) is 0. The van der Waals surface area contributed by atoms with Crippen molar-refractivity contribution >= 4 is 5.91 Å². The standard InChI is InChI=1S/C12H22N2O2/c1-9-7-10(3-6-13-9)11(16)14-12(8-15)4-2-5-12/h9-10,13,15H,2-8H2,1H3,(H,14,16). The van der Waals surface area contributed by atoms with Crippen molar-refractivity contribution < 1.29 is 9.90 Å². The average molecular weight is 226 g/mol. The Morgan fingerprint density at radius 1 is 1.56 bits per heavy atom. The molecule has 0 aromatic heterocycles. The Hall–Kier alpha value is -0.610. The van der Waals surface area contributed by atoms with E-state index in [0.29, 0.717) is 6.04 Å². The first-order valence-corrected chi connectivity index (χ1v) is 6.31. The minimum absolute atomic E-state index is 0.0826. The molecule has 16 heavy (non-hydrogen) atoms. The molecular formula is C12H22N2O2. The molecule has 4 nitrogen and oxygen atoms in total. The Bertz CT molecular complexity index is 258. The first-order valence-electron chi connectivity index (χ1n) is 6.31. The van der Waals surface area contributed by atoms with E-state index in [9.17, 15) is 9.90 Å². The minimum atomic E-state index is -0.287. The molecule has 2 aliphatic rings. The highest BCUT2D eigenvalue weighted by Crippen LogP contribution is 2.32. The van der Waals surface area contributed by atoms with Gasteiger partial charge in [0.05, 0.1) is 12.1 Å². The van der Waals surface area contributed by atoms with Crippen molar-refractivity contribution in [3.05, 3.63) is 0 Å². The van der Waals surface area contributed by atoms with Gasteiger partial charge in [0, 0.05) is 12.0 Å². The number of aliphatic hydroxyl groups is 1. The molecule has 0 aromatic carbocycles. The fourth-order valence-electron chi connectivity index (χ4n) is 2.66. The van der Waals surface area contributed by atoms with Crippen molar-refractivity contribution in [2.75, 3.05) is 13.2 Å². The second-order valence-electron chi connectivity index (χ2n) is 5.36. The van der Waals surface area contributed by atoms with Crippen LogP contribution in [0.1, 0.15) is 39.0 Å². The van der Waals surface area contributed by atoms with Crippen molar-refractivity contribution in [2.24, 2.45) is 5.92 Å². The van der Waals surface area contributed by atoms with Gasteiger partial charge in [0.1, 0.15) is 0 Å². The first kappa shape index (κ1) is 11.9. The maximum atomic E-state index is 12.1. The summed E-state index contributed by atoms with van der Waals surface area (Å²) >= 11 is 0. The molecule has 92 valence electrons. The summed E-state index contributed by atoms with van der Waals surface area (Å²) in [5, 5.41) is 15.7. The van der Waals surface area contributed by atoms with Crippen LogP contribution in [-0.4, -0.2) is 35.7 Å². The monoisotopic (exact) mass is 226 g/mol. The molecule has 4 heteroatoms. The van der Waals surface area contributed by atoms with Crippen molar-refractivity contribution in [3.8, 4) is 0 Å². The van der Waals surface area contributed by atoms with E-state index in [1.165, 1.54) is 0 Å². The van der Waals surface area contributed by atoms with Gasteiger partial charge in [0.25, 0.3) is 0 Å². The maximum Gasteiger partial charge on any atom is 0.223 e. The van der Waals surface area contributed by atoms with Crippen LogP contribution in [0.25, 0.3) is 0 Å². The van der Waals surface area contributed by atoms with E-state index in [4.69, 9.17) is 0 Å². The fraction of sp³-hybridized carbons (Fsp3) is 0.917. The largest absolute Gasteiger partial charge is 0.394 e. The number of carbonyl (C=O) groups is 1. The van der Waals surface area contributed by atoms with Crippen LogP contribution >= 0.6 is 0 Å². The third-order valence-corrected chi connectivity index (χ3v) is 4.00. The van der Waals surface area contributed by atoms with E-state index in [2.05, 4.69) is 17.6 Å². The number of aliphatic hydroxyl groups excluding tert-OH is 1. The van der Waals surface area contributed by atoms with E-state index in [0.717, 1.165) is 38.6 Å². The van der Waals surface area contributed by atoms with Crippen LogP contribution in [0.15, 0.2) is 0 Å². The molecule has 1 heterocycles. The second kappa shape index (κ2) is 4.72. The Kier molecular flexibility index (Phi) is 3.50. The van der Waals surface area contributed by atoms with Crippen molar-refractivity contribution in [1.29, 1.82) is 0 Å². The molecule has 1 saturated carbocycles. The van der Waals surface area contributed by atoms with Crippen LogP contribution in [0.3, 0.4) is 0 Å². The highest BCUT2D eigenvalue weighted by Gasteiger charge is 2.39. The zero-order chi connectivity index (χ0) is 11.6. The third kappa shape index (κ3) is 2.38. The molecule has 3 N–H and O–H groups in total. The highest BCUT2D eigenvalue weighted by atomic mass is 16.3. The predicted molar refractivity (Wildman–Crippen MR) is 62.0 cm³/mol. The summed E-state index contributed by atoms with van der Waals surface area (Å²) in [6.45, 7) is 3.12. The molecule has 1 saturated heterocycles. The molecule has 0 bridgehead atoms. The molecule has 1 aliphatic heterocycles. The fourth-order valence-corrected chi connectivity index (χ4v) is 2.66. The summed E-state index contributed by atoms with van der Waals surface area (Å²) < 4.78 is 0. The van der Waals surface area contributed by atoms with Crippen molar-refractivity contribution in [3.63, 3.8) is 0 Å². The van der Waals surface area contributed by atoms with Crippen LogP contribution in [0.5, 0.6) is 0 Å². The molecule has 2 fully saturated rings. The van der Waals surface area contributed by atoms with Gasteiger partial charge in [-0.1, -0.05) is 0 Å². The van der Waals surface area contributed by atoms with Gasteiger partial charge in [-0.3, -0.25) is 4.79 Å². The second-order valence-corrected chi connectivity index (χ2v) is 5.36. The summed E-state index contributed by atoms with van der Waals surface area (Å²) in [5.74, 6) is 0.266. The van der Waals surface area contributed by atoms with Crippen LogP contribution in [0.4, 0.5) is 0 Å². The van der Waals surface area contributed by atoms with Gasteiger partial charge >= 0.3 is 0 Å². The summed E-state index contributed by atoms with van der Waals surface area (Å²) in [6, 6.07) is 0.427. The van der Waals surface area contributed by atoms with E-state index in [1.54, 1.807) is 0 Å².